The summed E-state index contributed by atoms with van der Waals surface area (Å²) in [5, 5.41) is 0. The topological polar surface area (TPSA) is 21.7 Å². The second-order valence-electron chi connectivity index (χ2n) is 5.12. The van der Waals surface area contributed by atoms with Gasteiger partial charge in [-0.25, -0.2) is 0 Å². The summed E-state index contributed by atoms with van der Waals surface area (Å²) in [6, 6.07) is 6.25. The molecule has 1 aromatic rings. The Bertz CT molecular complexity index is 399. The third-order valence-electron chi connectivity index (χ3n) is 3.76. The van der Waals surface area contributed by atoms with Crippen LogP contribution < -0.4 is 9.47 Å². The molecule has 2 aliphatic rings. The van der Waals surface area contributed by atoms with Gasteiger partial charge < -0.3 is 9.47 Å². The lowest BCUT2D eigenvalue weighted by atomic mass is 10.1. The van der Waals surface area contributed by atoms with E-state index in [0.717, 1.165) is 44.1 Å². The van der Waals surface area contributed by atoms with E-state index in [9.17, 15) is 0 Å². The van der Waals surface area contributed by atoms with Crippen LogP contribution in [-0.2, 0) is 6.42 Å². The Hall–Kier alpha value is -1.22. The fourth-order valence-corrected chi connectivity index (χ4v) is 2.71. The van der Waals surface area contributed by atoms with Crippen molar-refractivity contribution in [1.29, 1.82) is 0 Å². The van der Waals surface area contributed by atoms with Crippen molar-refractivity contribution < 1.29 is 9.47 Å². The molecule has 0 amide bonds. The van der Waals surface area contributed by atoms with Gasteiger partial charge in [-0.1, -0.05) is 6.07 Å². The number of rotatable bonds is 4. The van der Waals surface area contributed by atoms with E-state index < -0.39 is 0 Å². The minimum Gasteiger partial charge on any atom is -0.493 e. The lowest BCUT2D eigenvalue weighted by molar-refractivity contribution is 0.235. The third-order valence-corrected chi connectivity index (χ3v) is 3.76. The predicted octanol–water partition coefficient (Wildman–Crippen LogP) is 2.49. The zero-order valence-corrected chi connectivity index (χ0v) is 10.9. The average molecular weight is 247 g/mol. The maximum Gasteiger partial charge on any atom is 0.126 e. The Morgan fingerprint density at radius 2 is 2.06 bits per heavy atom. The smallest absolute Gasteiger partial charge is 0.126 e. The van der Waals surface area contributed by atoms with E-state index in [2.05, 4.69) is 17.0 Å². The summed E-state index contributed by atoms with van der Waals surface area (Å²) in [6.45, 7) is 5.12. The number of hydrogen-bond donors (Lipinski definition) is 0. The molecule has 98 valence electrons. The molecular formula is C15H21NO2. The predicted molar refractivity (Wildman–Crippen MR) is 71.4 cm³/mol. The van der Waals surface area contributed by atoms with Crippen LogP contribution in [0.4, 0.5) is 0 Å². The van der Waals surface area contributed by atoms with Gasteiger partial charge in [-0.05, 0) is 50.4 Å². The first kappa shape index (κ1) is 11.8. The second kappa shape index (κ2) is 5.61. The van der Waals surface area contributed by atoms with Crippen LogP contribution in [0, 0.1) is 0 Å². The molecule has 3 nitrogen and oxygen atoms in total. The lowest BCUT2D eigenvalue weighted by Crippen LogP contribution is -2.25. The zero-order valence-electron chi connectivity index (χ0n) is 10.9. The molecule has 0 aromatic heterocycles. The van der Waals surface area contributed by atoms with Crippen molar-refractivity contribution in [2.24, 2.45) is 0 Å². The number of hydrogen-bond acceptors (Lipinski definition) is 3. The minimum atomic E-state index is 0.777. The Labute approximate surface area is 109 Å². The molecule has 0 spiro atoms. The van der Waals surface area contributed by atoms with Gasteiger partial charge in [-0.15, -0.1) is 0 Å². The maximum absolute atomic E-state index is 5.81. The summed E-state index contributed by atoms with van der Waals surface area (Å²) in [6.07, 6.45) is 4.94. The Kier molecular flexibility index (Phi) is 3.69. The quantitative estimate of drug-likeness (QED) is 0.816. The first-order valence-corrected chi connectivity index (χ1v) is 7.03. The molecule has 3 rings (SSSR count). The van der Waals surface area contributed by atoms with Gasteiger partial charge in [0, 0.05) is 12.6 Å². The highest BCUT2D eigenvalue weighted by molar-refractivity contribution is 5.41. The highest BCUT2D eigenvalue weighted by atomic mass is 16.5. The molecule has 0 aliphatic carbocycles. The Morgan fingerprint density at radius 1 is 1.17 bits per heavy atom. The van der Waals surface area contributed by atoms with E-state index in [1.165, 1.54) is 31.5 Å². The van der Waals surface area contributed by atoms with Crippen molar-refractivity contribution in [1.82, 2.24) is 4.90 Å². The van der Waals surface area contributed by atoms with Crippen LogP contribution in [0.1, 0.15) is 24.8 Å². The molecule has 18 heavy (non-hydrogen) atoms. The molecule has 0 N–H and O–H groups in total. The van der Waals surface area contributed by atoms with Crippen LogP contribution in [0.5, 0.6) is 11.5 Å². The molecule has 0 bridgehead atoms. The summed E-state index contributed by atoms with van der Waals surface area (Å²) < 4.78 is 11.5. The van der Waals surface area contributed by atoms with Crippen molar-refractivity contribution in [3.63, 3.8) is 0 Å². The van der Waals surface area contributed by atoms with Gasteiger partial charge in [0.05, 0.1) is 6.61 Å². The molecule has 3 heteroatoms. The van der Waals surface area contributed by atoms with Gasteiger partial charge in [0.2, 0.25) is 0 Å². The highest BCUT2D eigenvalue weighted by Gasteiger charge is 2.12. The first-order chi connectivity index (χ1) is 8.92. The molecule has 2 heterocycles. The number of ether oxygens (including phenoxy) is 2. The monoisotopic (exact) mass is 247 g/mol. The second-order valence-corrected chi connectivity index (χ2v) is 5.12. The van der Waals surface area contributed by atoms with Crippen LogP contribution in [0.3, 0.4) is 0 Å². The summed E-state index contributed by atoms with van der Waals surface area (Å²) in [5.74, 6) is 1.95. The van der Waals surface area contributed by atoms with Gasteiger partial charge >= 0.3 is 0 Å². The van der Waals surface area contributed by atoms with Gasteiger partial charge in [-0.2, -0.15) is 0 Å². The highest BCUT2D eigenvalue weighted by Crippen LogP contribution is 2.28. The molecule has 1 fully saturated rings. The van der Waals surface area contributed by atoms with Gasteiger partial charge in [0.1, 0.15) is 18.1 Å². The summed E-state index contributed by atoms with van der Waals surface area (Å²) in [4.78, 5) is 2.47. The van der Waals surface area contributed by atoms with Crippen molar-refractivity contribution >= 4 is 0 Å². The number of fused-ring (bicyclic) bond motifs is 1. The standard InChI is InChI=1S/C15H21NO2/c1-2-8-16(7-1)9-11-17-14-6-5-13-4-3-10-18-15(13)12-14/h5-6,12H,1-4,7-11H2. The normalized spacial score (nSPS) is 19.3. The van der Waals surface area contributed by atoms with Crippen LogP contribution in [0.15, 0.2) is 18.2 Å². The van der Waals surface area contributed by atoms with Gasteiger partial charge in [0.25, 0.3) is 0 Å². The largest absolute Gasteiger partial charge is 0.493 e. The lowest BCUT2D eigenvalue weighted by Gasteiger charge is -2.19. The van der Waals surface area contributed by atoms with E-state index in [4.69, 9.17) is 9.47 Å². The molecule has 2 aliphatic heterocycles. The van der Waals surface area contributed by atoms with E-state index >= 15 is 0 Å². The number of aryl methyl sites for hydroxylation is 1. The molecule has 1 saturated heterocycles. The van der Waals surface area contributed by atoms with E-state index in [1.807, 2.05) is 6.07 Å². The number of nitrogens with zero attached hydrogens (tertiary/aromatic N) is 1. The summed E-state index contributed by atoms with van der Waals surface area (Å²) >= 11 is 0. The fourth-order valence-electron chi connectivity index (χ4n) is 2.71. The molecule has 0 radical (unpaired) electrons. The van der Waals surface area contributed by atoms with E-state index in [-0.39, 0.29) is 0 Å². The SMILES string of the molecule is c1cc2c(cc1OCCN1CCCC1)OCCC2. The van der Waals surface area contributed by atoms with Crippen molar-refractivity contribution in [3.8, 4) is 11.5 Å². The average Bonchev–Trinajstić information content (AvgIpc) is 2.92. The third kappa shape index (κ3) is 2.78. The van der Waals surface area contributed by atoms with Crippen molar-refractivity contribution in [2.45, 2.75) is 25.7 Å². The Morgan fingerprint density at radius 3 is 2.94 bits per heavy atom. The molecular weight excluding hydrogens is 226 g/mol. The Balaban J connectivity index is 1.52. The van der Waals surface area contributed by atoms with Crippen LogP contribution >= 0.6 is 0 Å². The van der Waals surface area contributed by atoms with E-state index in [1.54, 1.807) is 0 Å². The van der Waals surface area contributed by atoms with Crippen LogP contribution in [0.25, 0.3) is 0 Å². The number of likely N-dealkylation sites (tertiary alicyclic amines) is 1. The van der Waals surface area contributed by atoms with Crippen LogP contribution in [-0.4, -0.2) is 37.7 Å². The van der Waals surface area contributed by atoms with Crippen molar-refractivity contribution in [3.05, 3.63) is 23.8 Å². The summed E-state index contributed by atoms with van der Waals surface area (Å²) in [7, 11) is 0. The maximum atomic E-state index is 5.81. The first-order valence-electron chi connectivity index (χ1n) is 7.03. The molecule has 0 unspecified atom stereocenters. The number of benzene rings is 1. The van der Waals surface area contributed by atoms with Gasteiger partial charge in [-0.3, -0.25) is 4.90 Å². The van der Waals surface area contributed by atoms with E-state index in [0.29, 0.717) is 0 Å². The van der Waals surface area contributed by atoms with Gasteiger partial charge in [0.15, 0.2) is 0 Å². The molecule has 0 atom stereocenters. The van der Waals surface area contributed by atoms with Crippen molar-refractivity contribution in [2.75, 3.05) is 32.8 Å². The molecule has 0 saturated carbocycles. The van der Waals surface area contributed by atoms with Crippen LogP contribution in [0.2, 0.25) is 0 Å². The minimum absolute atomic E-state index is 0.777. The molecule has 1 aromatic carbocycles. The fraction of sp³-hybridized carbons (Fsp3) is 0.600. The zero-order chi connectivity index (χ0) is 12.2. The summed E-state index contributed by atoms with van der Waals surface area (Å²) in [5.41, 5.74) is 1.31.